The van der Waals surface area contributed by atoms with Gasteiger partial charge in [0, 0.05) is 18.7 Å². The number of nitrogens with one attached hydrogen (secondary N) is 2. The maximum atomic E-state index is 11.5. The van der Waals surface area contributed by atoms with Crippen molar-refractivity contribution in [1.82, 2.24) is 15.5 Å². The van der Waals surface area contributed by atoms with Gasteiger partial charge in [0.1, 0.15) is 5.82 Å². The molecule has 1 aromatic rings. The largest absolute Gasteiger partial charge is 0.396 e. The van der Waals surface area contributed by atoms with Crippen LogP contribution in [0.2, 0.25) is 0 Å². The summed E-state index contributed by atoms with van der Waals surface area (Å²) in [5, 5.41) is 22.5. The van der Waals surface area contributed by atoms with Crippen LogP contribution < -0.4 is 10.6 Å². The Bertz CT molecular complexity index is 390. The number of hydrogen-bond acceptors (Lipinski definition) is 5. The minimum atomic E-state index is -0.267. The maximum Gasteiger partial charge on any atom is 0.271 e. The van der Waals surface area contributed by atoms with Crippen molar-refractivity contribution in [2.45, 2.75) is 32.7 Å². The molecule has 0 radical (unpaired) electrons. The Balaban J connectivity index is 2.68. The van der Waals surface area contributed by atoms with E-state index in [2.05, 4.69) is 20.8 Å². The highest BCUT2D eigenvalue weighted by Gasteiger charge is 2.17. The van der Waals surface area contributed by atoms with Gasteiger partial charge in [0.05, 0.1) is 0 Å². The van der Waals surface area contributed by atoms with Gasteiger partial charge in [-0.3, -0.25) is 4.79 Å². The molecular weight excluding hydrogens is 232 g/mol. The third-order valence-corrected chi connectivity index (χ3v) is 2.44. The zero-order chi connectivity index (χ0) is 13.6. The van der Waals surface area contributed by atoms with E-state index in [1.165, 1.54) is 0 Å². The molecular formula is C12H20N4O2. The van der Waals surface area contributed by atoms with Gasteiger partial charge in [0.15, 0.2) is 5.69 Å². The Kier molecular flexibility index (Phi) is 5.03. The van der Waals surface area contributed by atoms with Crippen molar-refractivity contribution in [2.24, 2.45) is 0 Å². The predicted molar refractivity (Wildman–Crippen MR) is 69.4 cm³/mol. The van der Waals surface area contributed by atoms with Gasteiger partial charge in [-0.25, -0.2) is 0 Å². The van der Waals surface area contributed by atoms with Crippen LogP contribution in [0, 0.1) is 0 Å². The Morgan fingerprint density at radius 1 is 1.39 bits per heavy atom. The third-order valence-electron chi connectivity index (χ3n) is 2.44. The molecule has 0 saturated carbocycles. The minimum absolute atomic E-state index is 0.102. The number of rotatable bonds is 6. The number of aliphatic hydroxyl groups excluding tert-OH is 1. The molecule has 0 atom stereocenters. The first-order valence-electron chi connectivity index (χ1n) is 5.99. The van der Waals surface area contributed by atoms with Gasteiger partial charge >= 0.3 is 0 Å². The molecule has 6 nitrogen and oxygen atoms in total. The molecule has 1 aromatic heterocycles. The molecule has 18 heavy (non-hydrogen) atoms. The Morgan fingerprint density at radius 3 is 2.61 bits per heavy atom. The molecule has 0 spiro atoms. The second-order valence-corrected chi connectivity index (χ2v) is 4.65. The van der Waals surface area contributed by atoms with Crippen molar-refractivity contribution in [3.8, 4) is 0 Å². The fourth-order valence-corrected chi connectivity index (χ4v) is 1.46. The van der Waals surface area contributed by atoms with E-state index in [4.69, 9.17) is 5.11 Å². The molecule has 0 fully saturated rings. The average molecular weight is 252 g/mol. The molecule has 0 unspecified atom stereocenters. The lowest BCUT2D eigenvalue weighted by Gasteiger charge is -2.25. The van der Waals surface area contributed by atoms with E-state index in [9.17, 15) is 4.79 Å². The highest BCUT2D eigenvalue weighted by Crippen LogP contribution is 2.15. The number of amides is 1. The summed E-state index contributed by atoms with van der Waals surface area (Å²) < 4.78 is 0. The van der Waals surface area contributed by atoms with E-state index >= 15 is 0 Å². The molecule has 0 aliphatic rings. The topological polar surface area (TPSA) is 87.1 Å². The summed E-state index contributed by atoms with van der Waals surface area (Å²) in [4.78, 5) is 11.5. The predicted octanol–water partition coefficient (Wildman–Crippen LogP) is 0.799. The normalized spacial score (nSPS) is 11.1. The molecule has 100 valence electrons. The molecule has 0 aliphatic carbocycles. The molecule has 1 heterocycles. The van der Waals surface area contributed by atoms with Gasteiger partial charge < -0.3 is 15.7 Å². The standard InChI is InChI=1S/C12H20N4O2/c1-4-13-11(18)9-5-6-10(16-15-9)14-12(2,3)7-8-17/h5-6,17H,4,7-8H2,1-3H3,(H,13,18)(H,14,16). The van der Waals surface area contributed by atoms with E-state index in [0.717, 1.165) is 0 Å². The van der Waals surface area contributed by atoms with E-state index in [-0.39, 0.29) is 18.1 Å². The minimum Gasteiger partial charge on any atom is -0.396 e. The van der Waals surface area contributed by atoms with E-state index in [0.29, 0.717) is 24.5 Å². The maximum absolute atomic E-state index is 11.5. The van der Waals surface area contributed by atoms with Crippen molar-refractivity contribution < 1.29 is 9.90 Å². The molecule has 0 saturated heterocycles. The number of carbonyl (C=O) groups excluding carboxylic acids is 1. The number of nitrogens with zero attached hydrogens (tertiary/aromatic N) is 2. The van der Waals surface area contributed by atoms with E-state index < -0.39 is 0 Å². The first-order valence-corrected chi connectivity index (χ1v) is 5.99. The summed E-state index contributed by atoms with van der Waals surface area (Å²) in [6.07, 6.45) is 0.604. The van der Waals surface area contributed by atoms with Gasteiger partial charge in [-0.2, -0.15) is 0 Å². The van der Waals surface area contributed by atoms with Gasteiger partial charge in [0.2, 0.25) is 0 Å². The summed E-state index contributed by atoms with van der Waals surface area (Å²) in [5.41, 5.74) is 0.0266. The highest BCUT2D eigenvalue weighted by atomic mass is 16.3. The van der Waals surface area contributed by atoms with Crippen molar-refractivity contribution in [1.29, 1.82) is 0 Å². The van der Waals surface area contributed by atoms with E-state index in [1.807, 2.05) is 20.8 Å². The van der Waals surface area contributed by atoms with Crippen LogP contribution >= 0.6 is 0 Å². The molecule has 0 aliphatic heterocycles. The fraction of sp³-hybridized carbons (Fsp3) is 0.583. The van der Waals surface area contributed by atoms with Crippen molar-refractivity contribution >= 4 is 11.7 Å². The van der Waals surface area contributed by atoms with Gasteiger partial charge in [-0.1, -0.05) is 0 Å². The van der Waals surface area contributed by atoms with Crippen molar-refractivity contribution in [3.63, 3.8) is 0 Å². The van der Waals surface area contributed by atoms with Crippen LogP contribution in [0.3, 0.4) is 0 Å². The second-order valence-electron chi connectivity index (χ2n) is 4.65. The lowest BCUT2D eigenvalue weighted by atomic mass is 10.0. The summed E-state index contributed by atoms with van der Waals surface area (Å²) >= 11 is 0. The van der Waals surface area contributed by atoms with Gasteiger partial charge in [0.25, 0.3) is 5.91 Å². The number of aromatic nitrogens is 2. The molecule has 1 amide bonds. The zero-order valence-electron chi connectivity index (χ0n) is 11.0. The van der Waals surface area contributed by atoms with Gasteiger partial charge in [-0.05, 0) is 39.3 Å². The van der Waals surface area contributed by atoms with E-state index in [1.54, 1.807) is 12.1 Å². The molecule has 3 N–H and O–H groups in total. The van der Waals surface area contributed by atoms with Crippen LogP contribution in [0.25, 0.3) is 0 Å². The van der Waals surface area contributed by atoms with Crippen LogP contribution in [0.4, 0.5) is 5.82 Å². The summed E-state index contributed by atoms with van der Waals surface area (Å²) in [5.74, 6) is 0.354. The monoisotopic (exact) mass is 252 g/mol. The number of aliphatic hydroxyl groups is 1. The fourth-order valence-electron chi connectivity index (χ4n) is 1.46. The molecule has 0 bridgehead atoms. The smallest absolute Gasteiger partial charge is 0.271 e. The zero-order valence-corrected chi connectivity index (χ0v) is 11.0. The second kappa shape index (κ2) is 6.30. The Morgan fingerprint density at radius 2 is 2.11 bits per heavy atom. The quantitative estimate of drug-likeness (QED) is 0.697. The Hall–Kier alpha value is -1.69. The lowest BCUT2D eigenvalue weighted by Crippen LogP contribution is -2.32. The summed E-state index contributed by atoms with van der Waals surface area (Å²) in [6, 6.07) is 3.33. The summed E-state index contributed by atoms with van der Waals surface area (Å²) in [6.45, 7) is 6.43. The van der Waals surface area contributed by atoms with Crippen LogP contribution in [0.15, 0.2) is 12.1 Å². The van der Waals surface area contributed by atoms with Crippen LogP contribution in [-0.4, -0.2) is 39.9 Å². The summed E-state index contributed by atoms with van der Waals surface area (Å²) in [7, 11) is 0. The van der Waals surface area contributed by atoms with Crippen molar-refractivity contribution in [3.05, 3.63) is 17.8 Å². The van der Waals surface area contributed by atoms with Crippen LogP contribution in [-0.2, 0) is 0 Å². The van der Waals surface area contributed by atoms with Crippen LogP contribution in [0.5, 0.6) is 0 Å². The first-order chi connectivity index (χ1) is 8.48. The van der Waals surface area contributed by atoms with Crippen molar-refractivity contribution in [2.75, 3.05) is 18.5 Å². The molecule has 0 aromatic carbocycles. The SMILES string of the molecule is CCNC(=O)c1ccc(NC(C)(C)CCO)nn1. The Labute approximate surface area is 107 Å². The average Bonchev–Trinajstić information content (AvgIpc) is 2.29. The molecule has 6 heteroatoms. The van der Waals surface area contributed by atoms with Crippen LogP contribution in [0.1, 0.15) is 37.7 Å². The van der Waals surface area contributed by atoms with Gasteiger partial charge in [-0.15, -0.1) is 10.2 Å². The molecule has 1 rings (SSSR count). The number of hydrogen-bond donors (Lipinski definition) is 3. The number of carbonyl (C=O) groups is 1. The number of anilines is 1. The lowest BCUT2D eigenvalue weighted by molar-refractivity contribution is 0.0950. The highest BCUT2D eigenvalue weighted by molar-refractivity contribution is 5.92. The first kappa shape index (κ1) is 14.4. The third kappa shape index (κ3) is 4.29.